The second-order valence-corrected chi connectivity index (χ2v) is 7.01. The lowest BCUT2D eigenvalue weighted by atomic mass is 9.90. The Morgan fingerprint density at radius 1 is 0.550 bits per heavy atom. The molecule has 8 atom stereocenters. The summed E-state index contributed by atoms with van der Waals surface area (Å²) in [6.07, 6.45) is 4.31. The van der Waals surface area contributed by atoms with E-state index >= 15 is 0 Å². The molecule has 0 aromatic heterocycles. The average molecular weight is 284 g/mol. The highest BCUT2D eigenvalue weighted by Gasteiger charge is 2.35. The molecule has 0 aromatic rings. The molecule has 2 fully saturated rings. The van der Waals surface area contributed by atoms with Crippen LogP contribution in [0, 0.1) is 23.7 Å². The van der Waals surface area contributed by atoms with Crippen molar-refractivity contribution in [2.45, 2.75) is 92.6 Å². The Labute approximate surface area is 126 Å². The molecule has 0 amide bonds. The highest BCUT2D eigenvalue weighted by molar-refractivity contribution is 4.82. The van der Waals surface area contributed by atoms with Gasteiger partial charge in [0.1, 0.15) is 0 Å². The van der Waals surface area contributed by atoms with Crippen molar-refractivity contribution in [2.24, 2.45) is 23.7 Å². The van der Waals surface area contributed by atoms with E-state index in [1.54, 1.807) is 0 Å². The van der Waals surface area contributed by atoms with Crippen LogP contribution in [0.15, 0.2) is 0 Å². The van der Waals surface area contributed by atoms with Crippen molar-refractivity contribution in [3.8, 4) is 0 Å². The van der Waals surface area contributed by atoms with Crippen molar-refractivity contribution < 1.29 is 9.47 Å². The molecule has 2 unspecified atom stereocenters. The maximum Gasteiger partial charge on any atom is 0.0605 e. The van der Waals surface area contributed by atoms with Gasteiger partial charge in [0.2, 0.25) is 0 Å². The maximum absolute atomic E-state index is 5.73. The minimum absolute atomic E-state index is 0.472. The molecule has 2 aliphatic rings. The molecule has 2 aliphatic heterocycles. The standard InChI is InChI=1S/2C9H18O/c2*1-5-9-7(3)6(2)8(4)10-9/h2*6-9H,5H2,1-4H3/t2*6?,7-,8+,9-/m11/s1. The van der Waals surface area contributed by atoms with Crippen LogP contribution in [0.3, 0.4) is 0 Å². The van der Waals surface area contributed by atoms with Crippen molar-refractivity contribution in [3.63, 3.8) is 0 Å². The third kappa shape index (κ3) is 3.98. The summed E-state index contributed by atoms with van der Waals surface area (Å²) in [5.41, 5.74) is 0. The Hall–Kier alpha value is -0.0800. The van der Waals surface area contributed by atoms with Crippen molar-refractivity contribution in [1.82, 2.24) is 0 Å². The molecule has 2 saturated heterocycles. The lowest BCUT2D eigenvalue weighted by Crippen LogP contribution is -2.14. The van der Waals surface area contributed by atoms with Gasteiger partial charge in [-0.2, -0.15) is 0 Å². The zero-order chi connectivity index (χ0) is 15.4. The van der Waals surface area contributed by atoms with E-state index in [9.17, 15) is 0 Å². The van der Waals surface area contributed by atoms with Gasteiger partial charge in [0, 0.05) is 0 Å². The molecule has 0 aromatic carbocycles. The van der Waals surface area contributed by atoms with E-state index < -0.39 is 0 Å². The summed E-state index contributed by atoms with van der Waals surface area (Å²) in [7, 11) is 0. The van der Waals surface area contributed by atoms with Crippen LogP contribution in [-0.2, 0) is 9.47 Å². The summed E-state index contributed by atoms with van der Waals surface area (Å²) < 4.78 is 11.5. The molecular weight excluding hydrogens is 248 g/mol. The molecule has 120 valence electrons. The normalized spacial score (nSPS) is 48.0. The van der Waals surface area contributed by atoms with Gasteiger partial charge in [-0.1, -0.05) is 41.5 Å². The average Bonchev–Trinajstić information content (AvgIpc) is 2.84. The molecule has 2 heteroatoms. The monoisotopic (exact) mass is 284 g/mol. The van der Waals surface area contributed by atoms with Gasteiger partial charge in [0.05, 0.1) is 24.4 Å². The quantitative estimate of drug-likeness (QED) is 0.717. The number of ether oxygens (including phenoxy) is 2. The van der Waals surface area contributed by atoms with Crippen LogP contribution >= 0.6 is 0 Å². The van der Waals surface area contributed by atoms with Gasteiger partial charge in [-0.15, -0.1) is 0 Å². The van der Waals surface area contributed by atoms with Crippen LogP contribution in [0.2, 0.25) is 0 Å². The smallest absolute Gasteiger partial charge is 0.0605 e. The van der Waals surface area contributed by atoms with Crippen molar-refractivity contribution in [1.29, 1.82) is 0 Å². The van der Waals surface area contributed by atoms with E-state index in [4.69, 9.17) is 9.47 Å². The Morgan fingerprint density at radius 2 is 0.850 bits per heavy atom. The third-order valence-corrected chi connectivity index (χ3v) is 5.90. The summed E-state index contributed by atoms with van der Waals surface area (Å²) in [5, 5.41) is 0. The number of rotatable bonds is 2. The van der Waals surface area contributed by atoms with Crippen LogP contribution in [0.1, 0.15) is 68.2 Å². The molecule has 0 bridgehead atoms. The van der Waals surface area contributed by atoms with E-state index in [1.807, 2.05) is 0 Å². The highest BCUT2D eigenvalue weighted by atomic mass is 16.5. The summed E-state index contributed by atoms with van der Waals surface area (Å²) in [4.78, 5) is 0. The largest absolute Gasteiger partial charge is 0.375 e. The van der Waals surface area contributed by atoms with Crippen LogP contribution < -0.4 is 0 Å². The fraction of sp³-hybridized carbons (Fsp3) is 1.00. The summed E-state index contributed by atoms with van der Waals surface area (Å²) in [6, 6.07) is 0. The van der Waals surface area contributed by atoms with E-state index in [1.165, 1.54) is 0 Å². The Bertz CT molecular complexity index is 251. The predicted molar refractivity (Wildman–Crippen MR) is 85.9 cm³/mol. The van der Waals surface area contributed by atoms with Gasteiger partial charge in [-0.3, -0.25) is 0 Å². The van der Waals surface area contributed by atoms with Crippen LogP contribution in [0.25, 0.3) is 0 Å². The van der Waals surface area contributed by atoms with Crippen LogP contribution in [0.4, 0.5) is 0 Å². The number of hydrogen-bond acceptors (Lipinski definition) is 2. The first-order valence-electron chi connectivity index (χ1n) is 8.64. The fourth-order valence-electron chi connectivity index (χ4n) is 3.52. The minimum atomic E-state index is 0.472. The Kier molecular flexibility index (Phi) is 7.00. The molecule has 0 radical (unpaired) electrons. The molecule has 0 saturated carbocycles. The lowest BCUT2D eigenvalue weighted by Gasteiger charge is -2.12. The number of hydrogen-bond donors (Lipinski definition) is 0. The van der Waals surface area contributed by atoms with Gasteiger partial charge in [0.15, 0.2) is 0 Å². The van der Waals surface area contributed by atoms with E-state index in [0.717, 1.165) is 36.5 Å². The molecule has 2 nitrogen and oxygen atoms in total. The van der Waals surface area contributed by atoms with E-state index in [2.05, 4.69) is 55.4 Å². The lowest BCUT2D eigenvalue weighted by molar-refractivity contribution is 0.0391. The topological polar surface area (TPSA) is 18.5 Å². The van der Waals surface area contributed by atoms with Gasteiger partial charge >= 0.3 is 0 Å². The highest BCUT2D eigenvalue weighted by Crippen LogP contribution is 2.33. The third-order valence-electron chi connectivity index (χ3n) is 5.90. The Balaban J connectivity index is 0.000000200. The van der Waals surface area contributed by atoms with Gasteiger partial charge < -0.3 is 9.47 Å². The summed E-state index contributed by atoms with van der Waals surface area (Å²) >= 11 is 0. The fourth-order valence-corrected chi connectivity index (χ4v) is 3.52. The van der Waals surface area contributed by atoms with Gasteiger partial charge in [-0.25, -0.2) is 0 Å². The molecule has 0 spiro atoms. The summed E-state index contributed by atoms with van der Waals surface area (Å²) in [6.45, 7) is 17.9. The first-order valence-corrected chi connectivity index (χ1v) is 8.64. The van der Waals surface area contributed by atoms with Crippen LogP contribution in [0.5, 0.6) is 0 Å². The molecule has 0 N–H and O–H groups in total. The van der Waals surface area contributed by atoms with Crippen LogP contribution in [-0.4, -0.2) is 24.4 Å². The maximum atomic E-state index is 5.73. The zero-order valence-electron chi connectivity index (χ0n) is 14.8. The molecule has 2 heterocycles. The minimum Gasteiger partial charge on any atom is -0.375 e. The first kappa shape index (κ1) is 18.0. The molecule has 2 rings (SSSR count). The molecule has 0 aliphatic carbocycles. The van der Waals surface area contributed by atoms with E-state index in [0.29, 0.717) is 24.4 Å². The van der Waals surface area contributed by atoms with Crippen molar-refractivity contribution >= 4 is 0 Å². The molecule has 20 heavy (non-hydrogen) atoms. The Morgan fingerprint density at radius 3 is 0.950 bits per heavy atom. The van der Waals surface area contributed by atoms with Gasteiger partial charge in [-0.05, 0) is 50.4 Å². The van der Waals surface area contributed by atoms with E-state index in [-0.39, 0.29) is 0 Å². The van der Waals surface area contributed by atoms with Crippen molar-refractivity contribution in [3.05, 3.63) is 0 Å². The van der Waals surface area contributed by atoms with Gasteiger partial charge in [0.25, 0.3) is 0 Å². The second-order valence-electron chi connectivity index (χ2n) is 7.01. The predicted octanol–water partition coefficient (Wildman–Crippen LogP) is 4.91. The molecular formula is C18H36O2. The zero-order valence-corrected chi connectivity index (χ0v) is 14.8. The SMILES string of the molecule is CC[C@H]1O[C@@H](C)C(C)[C@H]1C.CC[C@H]1O[C@@H](C)C(C)[C@H]1C. The van der Waals surface area contributed by atoms with Crippen molar-refractivity contribution in [2.75, 3.05) is 0 Å². The first-order chi connectivity index (χ1) is 9.33. The summed E-state index contributed by atoms with van der Waals surface area (Å²) in [5.74, 6) is 2.98. The second kappa shape index (κ2) is 7.79.